The predicted octanol–water partition coefficient (Wildman–Crippen LogP) is 2.73. The zero-order valence-corrected chi connectivity index (χ0v) is 15.3. The second-order valence-electron chi connectivity index (χ2n) is 7.32. The highest BCUT2D eigenvalue weighted by atomic mass is 35.5. The van der Waals surface area contributed by atoms with Crippen LogP contribution in [0.25, 0.3) is 0 Å². The number of likely N-dealkylation sites (tertiary alicyclic amines) is 1. The molecule has 0 bridgehead atoms. The fraction of sp³-hybridized carbons (Fsp3) is 0.421. The summed E-state index contributed by atoms with van der Waals surface area (Å²) >= 11 is 5.94. The molecule has 4 rings (SSSR count). The first-order chi connectivity index (χ1) is 12.5. The first-order valence-corrected chi connectivity index (χ1v) is 9.27. The number of carbonyl (C=O) groups excluding carboxylic acids is 1. The molecule has 2 aliphatic rings. The number of nitrogen functional groups attached to an aromatic ring is 1. The van der Waals surface area contributed by atoms with Gasteiger partial charge in [0.15, 0.2) is 0 Å². The molecule has 1 aromatic heterocycles. The van der Waals surface area contributed by atoms with E-state index in [2.05, 4.69) is 14.9 Å². The van der Waals surface area contributed by atoms with E-state index in [1.54, 1.807) is 12.3 Å². The molecule has 7 heteroatoms. The van der Waals surface area contributed by atoms with Gasteiger partial charge >= 0.3 is 0 Å². The van der Waals surface area contributed by atoms with E-state index in [0.29, 0.717) is 29.8 Å². The van der Waals surface area contributed by atoms with E-state index in [1.807, 2.05) is 29.2 Å². The molecule has 0 saturated carbocycles. The fourth-order valence-corrected chi connectivity index (χ4v) is 4.09. The maximum absolute atomic E-state index is 12.6. The lowest BCUT2D eigenvalue weighted by atomic mass is 9.77. The monoisotopic (exact) mass is 371 g/mol. The zero-order chi connectivity index (χ0) is 18.1. The molecule has 26 heavy (non-hydrogen) atoms. The second-order valence-corrected chi connectivity index (χ2v) is 7.76. The molecule has 1 amide bonds. The van der Waals surface area contributed by atoms with Crippen LogP contribution in [0.4, 0.5) is 11.8 Å². The Labute approximate surface area is 158 Å². The maximum Gasteiger partial charge on any atom is 0.227 e. The van der Waals surface area contributed by atoms with Crippen LogP contribution in [-0.2, 0) is 11.3 Å². The van der Waals surface area contributed by atoms with E-state index in [0.717, 1.165) is 38.0 Å². The molecule has 1 aromatic carbocycles. The van der Waals surface area contributed by atoms with Gasteiger partial charge in [0.1, 0.15) is 5.82 Å². The number of amides is 1. The minimum absolute atomic E-state index is 0.0698. The van der Waals surface area contributed by atoms with Crippen LogP contribution in [0.5, 0.6) is 0 Å². The number of hydrogen-bond acceptors (Lipinski definition) is 5. The first-order valence-electron chi connectivity index (χ1n) is 8.89. The molecule has 1 spiro atoms. The van der Waals surface area contributed by atoms with E-state index in [9.17, 15) is 4.79 Å². The van der Waals surface area contributed by atoms with Crippen molar-refractivity contribution >= 4 is 29.3 Å². The van der Waals surface area contributed by atoms with Crippen LogP contribution >= 0.6 is 11.6 Å². The van der Waals surface area contributed by atoms with Gasteiger partial charge in [0, 0.05) is 49.2 Å². The van der Waals surface area contributed by atoms with Crippen molar-refractivity contribution in [2.24, 2.45) is 5.41 Å². The number of piperidine rings is 1. The van der Waals surface area contributed by atoms with E-state index in [-0.39, 0.29) is 11.3 Å². The van der Waals surface area contributed by atoms with Crippen LogP contribution < -0.4 is 10.6 Å². The third-order valence-corrected chi connectivity index (χ3v) is 5.72. The Bertz CT molecular complexity index is 802. The third kappa shape index (κ3) is 3.46. The number of benzene rings is 1. The number of nitrogens with two attached hydrogens (primary N) is 1. The zero-order valence-electron chi connectivity index (χ0n) is 14.6. The number of anilines is 2. The number of rotatable bonds is 3. The lowest BCUT2D eigenvalue weighted by molar-refractivity contribution is -0.128. The topological polar surface area (TPSA) is 75.3 Å². The summed E-state index contributed by atoms with van der Waals surface area (Å²) < 4.78 is 0. The van der Waals surface area contributed by atoms with Gasteiger partial charge in [-0.15, -0.1) is 0 Å². The summed E-state index contributed by atoms with van der Waals surface area (Å²) in [6, 6.07) is 9.41. The van der Waals surface area contributed by atoms with Gasteiger partial charge in [-0.05, 0) is 36.6 Å². The normalized spacial score (nSPS) is 19.3. The molecule has 0 unspecified atom stereocenters. The third-order valence-electron chi connectivity index (χ3n) is 5.46. The van der Waals surface area contributed by atoms with Crippen molar-refractivity contribution in [3.8, 4) is 0 Å². The average molecular weight is 372 g/mol. The van der Waals surface area contributed by atoms with Gasteiger partial charge < -0.3 is 15.5 Å². The SMILES string of the molecule is Nc1ccnc(N2CCC3(CC2)CC(=O)N(Cc2ccc(Cl)cc2)C3)n1. The Morgan fingerprint density at radius 2 is 1.88 bits per heavy atom. The Kier molecular flexibility index (Phi) is 4.44. The number of halogens is 1. The van der Waals surface area contributed by atoms with E-state index in [1.165, 1.54) is 0 Å². The molecular formula is C19H22ClN5O. The molecule has 2 aromatic rings. The van der Waals surface area contributed by atoms with E-state index >= 15 is 0 Å². The van der Waals surface area contributed by atoms with Crippen molar-refractivity contribution in [2.45, 2.75) is 25.8 Å². The van der Waals surface area contributed by atoms with Crippen molar-refractivity contribution in [3.63, 3.8) is 0 Å². The molecule has 6 nitrogen and oxygen atoms in total. The minimum atomic E-state index is 0.0698. The van der Waals surface area contributed by atoms with Crippen molar-refractivity contribution in [2.75, 3.05) is 30.3 Å². The number of nitrogens with zero attached hydrogens (tertiary/aromatic N) is 4. The van der Waals surface area contributed by atoms with Gasteiger partial charge in [0.05, 0.1) is 0 Å². The van der Waals surface area contributed by atoms with Crippen LogP contribution in [-0.4, -0.2) is 40.4 Å². The molecule has 2 aliphatic heterocycles. The van der Waals surface area contributed by atoms with E-state index < -0.39 is 0 Å². The smallest absolute Gasteiger partial charge is 0.227 e. The van der Waals surface area contributed by atoms with Gasteiger partial charge in [0.25, 0.3) is 0 Å². The predicted molar refractivity (Wildman–Crippen MR) is 102 cm³/mol. The minimum Gasteiger partial charge on any atom is -0.384 e. The van der Waals surface area contributed by atoms with Crippen LogP contribution in [0, 0.1) is 5.41 Å². The van der Waals surface area contributed by atoms with Crippen LogP contribution in [0.15, 0.2) is 36.5 Å². The highest BCUT2D eigenvalue weighted by molar-refractivity contribution is 6.30. The summed E-state index contributed by atoms with van der Waals surface area (Å²) in [5.74, 6) is 1.41. The van der Waals surface area contributed by atoms with Crippen molar-refractivity contribution in [1.82, 2.24) is 14.9 Å². The molecule has 0 aliphatic carbocycles. The quantitative estimate of drug-likeness (QED) is 0.897. The Hall–Kier alpha value is -2.34. The van der Waals surface area contributed by atoms with Crippen molar-refractivity contribution in [3.05, 3.63) is 47.1 Å². The largest absolute Gasteiger partial charge is 0.384 e. The molecule has 0 radical (unpaired) electrons. The summed E-state index contributed by atoms with van der Waals surface area (Å²) in [5, 5.41) is 0.717. The molecule has 0 atom stereocenters. The molecular weight excluding hydrogens is 350 g/mol. The second kappa shape index (κ2) is 6.76. The fourth-order valence-electron chi connectivity index (χ4n) is 3.97. The van der Waals surface area contributed by atoms with Gasteiger partial charge in [-0.2, -0.15) is 4.98 Å². The summed E-state index contributed by atoms with van der Waals surface area (Å²) in [5.41, 5.74) is 6.95. The molecule has 136 valence electrons. The molecule has 2 saturated heterocycles. The first kappa shape index (κ1) is 17.1. The van der Waals surface area contributed by atoms with Gasteiger partial charge in [-0.1, -0.05) is 23.7 Å². The van der Waals surface area contributed by atoms with E-state index in [4.69, 9.17) is 17.3 Å². The summed E-state index contributed by atoms with van der Waals surface area (Å²) in [6.45, 7) is 3.18. The Morgan fingerprint density at radius 1 is 1.15 bits per heavy atom. The van der Waals surface area contributed by atoms with Gasteiger partial charge in [0.2, 0.25) is 11.9 Å². The summed E-state index contributed by atoms with van der Waals surface area (Å²) in [4.78, 5) is 25.3. The lowest BCUT2D eigenvalue weighted by Gasteiger charge is -2.38. The van der Waals surface area contributed by atoms with Gasteiger partial charge in [-0.25, -0.2) is 4.98 Å². The van der Waals surface area contributed by atoms with Gasteiger partial charge in [-0.3, -0.25) is 4.79 Å². The summed E-state index contributed by atoms with van der Waals surface area (Å²) in [6.07, 6.45) is 4.25. The molecule has 2 fully saturated rings. The molecule has 2 N–H and O–H groups in total. The van der Waals surface area contributed by atoms with Crippen molar-refractivity contribution < 1.29 is 4.79 Å². The average Bonchev–Trinajstić information content (AvgIpc) is 2.92. The van der Waals surface area contributed by atoms with Crippen LogP contribution in [0.2, 0.25) is 5.02 Å². The Morgan fingerprint density at radius 3 is 2.58 bits per heavy atom. The maximum atomic E-state index is 12.6. The van der Waals surface area contributed by atoms with Crippen LogP contribution in [0.3, 0.4) is 0 Å². The summed E-state index contributed by atoms with van der Waals surface area (Å²) in [7, 11) is 0. The lowest BCUT2D eigenvalue weighted by Crippen LogP contribution is -2.42. The van der Waals surface area contributed by atoms with Crippen LogP contribution in [0.1, 0.15) is 24.8 Å². The highest BCUT2D eigenvalue weighted by Crippen LogP contribution is 2.42. The highest BCUT2D eigenvalue weighted by Gasteiger charge is 2.45. The Balaban J connectivity index is 1.40. The van der Waals surface area contributed by atoms with Crippen molar-refractivity contribution in [1.29, 1.82) is 0 Å². The standard InChI is InChI=1S/C19H22ClN5O/c20-15-3-1-14(2-4-15)12-25-13-19(11-17(25)26)6-9-24(10-7-19)18-22-8-5-16(21)23-18/h1-5,8H,6-7,9-13H2,(H2,21,22,23). The molecule has 3 heterocycles. The number of carbonyl (C=O) groups is 1. The number of hydrogen-bond donors (Lipinski definition) is 1. The number of aromatic nitrogens is 2.